The van der Waals surface area contributed by atoms with Gasteiger partial charge in [0.25, 0.3) is 5.91 Å². The summed E-state index contributed by atoms with van der Waals surface area (Å²) in [5.41, 5.74) is 1.38. The van der Waals surface area contributed by atoms with Crippen LogP contribution < -0.4 is 5.32 Å². The van der Waals surface area contributed by atoms with Crippen LogP contribution in [0.15, 0.2) is 6.07 Å². The summed E-state index contributed by atoms with van der Waals surface area (Å²) in [6.07, 6.45) is 3.44. The van der Waals surface area contributed by atoms with E-state index in [1.54, 1.807) is 20.1 Å². The fraction of sp³-hybridized carbons (Fsp3) is 0.643. The van der Waals surface area contributed by atoms with Gasteiger partial charge >= 0.3 is 0 Å². The fourth-order valence-electron chi connectivity index (χ4n) is 2.55. The van der Waals surface area contributed by atoms with E-state index in [0.29, 0.717) is 24.7 Å². The molecule has 1 fully saturated rings. The minimum Gasteiger partial charge on any atom is -0.384 e. The van der Waals surface area contributed by atoms with E-state index in [4.69, 9.17) is 4.74 Å². The maximum atomic E-state index is 12.1. The van der Waals surface area contributed by atoms with Crippen LogP contribution in [0, 0.1) is 19.3 Å². The quantitative estimate of drug-likeness (QED) is 0.877. The highest BCUT2D eigenvalue weighted by Gasteiger charge is 2.37. The van der Waals surface area contributed by atoms with Crippen molar-refractivity contribution in [1.29, 1.82) is 0 Å². The number of rotatable bonds is 5. The minimum atomic E-state index is -0.129. The van der Waals surface area contributed by atoms with Crippen molar-refractivity contribution in [3.63, 3.8) is 0 Å². The largest absolute Gasteiger partial charge is 0.384 e. The Morgan fingerprint density at radius 3 is 2.68 bits per heavy atom. The molecule has 2 rings (SSSR count). The van der Waals surface area contributed by atoms with E-state index in [1.165, 1.54) is 6.42 Å². The molecule has 1 saturated carbocycles. The number of methoxy groups -OCH3 is 1. The van der Waals surface area contributed by atoms with Crippen molar-refractivity contribution in [2.45, 2.75) is 33.1 Å². The molecule has 5 heteroatoms. The Morgan fingerprint density at radius 1 is 1.42 bits per heavy atom. The monoisotopic (exact) mass is 263 g/mol. The normalized spacial score (nSPS) is 16.8. The molecule has 1 N–H and O–H groups in total. The number of carbonyl (C=O) groups is 1. The molecule has 1 heterocycles. The first kappa shape index (κ1) is 13.9. The van der Waals surface area contributed by atoms with Crippen LogP contribution in [0.1, 0.15) is 41.3 Å². The van der Waals surface area contributed by atoms with Gasteiger partial charge < -0.3 is 10.1 Å². The molecule has 1 aromatic rings. The molecule has 1 aliphatic carbocycles. The Bertz CT molecular complexity index is 450. The van der Waals surface area contributed by atoms with Gasteiger partial charge in [0.1, 0.15) is 11.5 Å². The molecule has 1 amide bonds. The minimum absolute atomic E-state index is 0.127. The number of ether oxygens (including phenoxy) is 1. The van der Waals surface area contributed by atoms with Gasteiger partial charge in [0.15, 0.2) is 0 Å². The Balaban J connectivity index is 1.97. The summed E-state index contributed by atoms with van der Waals surface area (Å²) < 4.78 is 5.25. The third-order valence-electron chi connectivity index (χ3n) is 3.69. The van der Waals surface area contributed by atoms with Crippen LogP contribution in [0.4, 0.5) is 0 Å². The molecular formula is C14H21N3O2. The molecule has 1 aromatic heterocycles. The highest BCUT2D eigenvalue weighted by molar-refractivity contribution is 5.92. The van der Waals surface area contributed by atoms with Gasteiger partial charge in [-0.05, 0) is 32.8 Å². The van der Waals surface area contributed by atoms with Gasteiger partial charge in [-0.15, -0.1) is 0 Å². The van der Waals surface area contributed by atoms with Crippen LogP contribution >= 0.6 is 0 Å². The maximum absolute atomic E-state index is 12.1. The molecule has 0 aromatic carbocycles. The standard InChI is InChI=1S/C14H21N3O2/c1-10-7-12(17-11(2)16-10)13(18)15-8-14(9-19-3)5-4-6-14/h7H,4-6,8-9H2,1-3H3,(H,15,18). The highest BCUT2D eigenvalue weighted by atomic mass is 16.5. The lowest BCUT2D eigenvalue weighted by Gasteiger charge is -2.41. The topological polar surface area (TPSA) is 64.1 Å². The first-order valence-electron chi connectivity index (χ1n) is 6.64. The molecule has 19 heavy (non-hydrogen) atoms. The number of hydrogen-bond acceptors (Lipinski definition) is 4. The van der Waals surface area contributed by atoms with E-state index in [2.05, 4.69) is 15.3 Å². The summed E-state index contributed by atoms with van der Waals surface area (Å²) in [5.74, 6) is 0.497. The molecule has 0 bridgehead atoms. The van der Waals surface area contributed by atoms with Crippen LogP contribution in [0.5, 0.6) is 0 Å². The Kier molecular flexibility index (Phi) is 4.14. The molecule has 0 aliphatic heterocycles. The molecular weight excluding hydrogens is 242 g/mol. The molecule has 0 saturated heterocycles. The summed E-state index contributed by atoms with van der Waals surface area (Å²) >= 11 is 0. The van der Waals surface area contributed by atoms with Crippen molar-refractivity contribution in [1.82, 2.24) is 15.3 Å². The number of amides is 1. The van der Waals surface area contributed by atoms with Gasteiger partial charge in [0, 0.05) is 24.8 Å². The second kappa shape index (κ2) is 5.65. The third-order valence-corrected chi connectivity index (χ3v) is 3.69. The van der Waals surface area contributed by atoms with E-state index >= 15 is 0 Å². The summed E-state index contributed by atoms with van der Waals surface area (Å²) in [6.45, 7) is 5.02. The van der Waals surface area contributed by atoms with Gasteiger partial charge in [0.05, 0.1) is 6.61 Å². The lowest BCUT2D eigenvalue weighted by atomic mass is 9.69. The number of carbonyl (C=O) groups excluding carboxylic acids is 1. The van der Waals surface area contributed by atoms with Crippen molar-refractivity contribution in [3.8, 4) is 0 Å². The van der Waals surface area contributed by atoms with Crippen LogP contribution in [0.2, 0.25) is 0 Å². The first-order chi connectivity index (χ1) is 9.04. The SMILES string of the molecule is COCC1(CNC(=O)c2cc(C)nc(C)n2)CCC1. The van der Waals surface area contributed by atoms with Crippen LogP contribution in [-0.4, -0.2) is 36.1 Å². The van der Waals surface area contributed by atoms with E-state index in [1.807, 2.05) is 6.92 Å². The number of hydrogen-bond donors (Lipinski definition) is 1. The molecule has 0 spiro atoms. The van der Waals surface area contributed by atoms with Crippen molar-refractivity contribution < 1.29 is 9.53 Å². The second-order valence-electron chi connectivity index (χ2n) is 5.41. The highest BCUT2D eigenvalue weighted by Crippen LogP contribution is 2.40. The average Bonchev–Trinajstić information content (AvgIpc) is 2.30. The van der Waals surface area contributed by atoms with E-state index < -0.39 is 0 Å². The Labute approximate surface area is 113 Å². The Morgan fingerprint density at radius 2 is 2.16 bits per heavy atom. The van der Waals surface area contributed by atoms with Gasteiger partial charge in [0.2, 0.25) is 0 Å². The van der Waals surface area contributed by atoms with Crippen LogP contribution in [0.25, 0.3) is 0 Å². The van der Waals surface area contributed by atoms with Crippen LogP contribution in [0.3, 0.4) is 0 Å². The second-order valence-corrected chi connectivity index (χ2v) is 5.41. The number of aromatic nitrogens is 2. The van der Waals surface area contributed by atoms with Crippen molar-refractivity contribution in [2.24, 2.45) is 5.41 Å². The molecule has 0 radical (unpaired) electrons. The van der Waals surface area contributed by atoms with E-state index in [0.717, 1.165) is 18.5 Å². The molecule has 0 atom stereocenters. The van der Waals surface area contributed by atoms with E-state index in [9.17, 15) is 4.79 Å². The Hall–Kier alpha value is -1.49. The van der Waals surface area contributed by atoms with Gasteiger partial charge in [-0.2, -0.15) is 0 Å². The first-order valence-corrected chi connectivity index (χ1v) is 6.64. The molecule has 0 unspecified atom stereocenters. The zero-order valence-electron chi connectivity index (χ0n) is 11.8. The summed E-state index contributed by atoms with van der Waals surface area (Å²) in [6, 6.07) is 1.71. The van der Waals surface area contributed by atoms with Gasteiger partial charge in [-0.1, -0.05) is 6.42 Å². The lowest BCUT2D eigenvalue weighted by Crippen LogP contribution is -2.45. The third kappa shape index (κ3) is 3.29. The van der Waals surface area contributed by atoms with Crippen molar-refractivity contribution in [2.75, 3.05) is 20.3 Å². The zero-order valence-corrected chi connectivity index (χ0v) is 11.8. The van der Waals surface area contributed by atoms with Crippen LogP contribution in [-0.2, 0) is 4.74 Å². The average molecular weight is 263 g/mol. The van der Waals surface area contributed by atoms with E-state index in [-0.39, 0.29) is 11.3 Å². The van der Waals surface area contributed by atoms with Crippen molar-refractivity contribution in [3.05, 3.63) is 23.3 Å². The molecule has 1 aliphatic rings. The smallest absolute Gasteiger partial charge is 0.270 e. The molecule has 104 valence electrons. The summed E-state index contributed by atoms with van der Waals surface area (Å²) in [4.78, 5) is 20.4. The van der Waals surface area contributed by atoms with Crippen molar-refractivity contribution >= 4 is 5.91 Å². The number of nitrogens with one attached hydrogen (secondary N) is 1. The number of nitrogens with zero attached hydrogens (tertiary/aromatic N) is 2. The predicted octanol–water partition coefficient (Wildman–Crippen LogP) is 1.64. The molecule has 5 nitrogen and oxygen atoms in total. The zero-order chi connectivity index (χ0) is 13.9. The summed E-state index contributed by atoms with van der Waals surface area (Å²) in [5, 5.41) is 2.97. The number of aryl methyl sites for hydroxylation is 2. The van der Waals surface area contributed by atoms with Gasteiger partial charge in [-0.25, -0.2) is 9.97 Å². The predicted molar refractivity (Wildman–Crippen MR) is 72.0 cm³/mol. The maximum Gasteiger partial charge on any atom is 0.270 e. The fourth-order valence-corrected chi connectivity index (χ4v) is 2.55. The summed E-state index contributed by atoms with van der Waals surface area (Å²) in [7, 11) is 1.71. The van der Waals surface area contributed by atoms with Gasteiger partial charge in [-0.3, -0.25) is 4.79 Å². The lowest BCUT2D eigenvalue weighted by molar-refractivity contribution is 0.0179.